The molecule has 84 valence electrons. The molecule has 0 heterocycles. The van der Waals surface area contributed by atoms with Gasteiger partial charge < -0.3 is 15.2 Å². The smallest absolute Gasteiger partial charge is 0.394 e. The molecule has 0 unspecified atom stereocenters. The number of nitrogens with one attached hydrogen (secondary N) is 1. The number of halogens is 3. The largest absolute Gasteiger partial charge is 0.471 e. The van der Waals surface area contributed by atoms with Crippen LogP contribution in [0, 0.1) is 0 Å². The summed E-state index contributed by atoms with van der Waals surface area (Å²) < 4.78 is 39.6. The van der Waals surface area contributed by atoms with Gasteiger partial charge in [-0.05, 0) is 6.42 Å². The number of hydrogen-bond donors (Lipinski definition) is 2. The highest BCUT2D eigenvalue weighted by Gasteiger charge is 2.38. The molecular formula is C7H12F3NO3. The fraction of sp³-hybridized carbons (Fsp3) is 0.857. The maximum absolute atomic E-state index is 11.6. The van der Waals surface area contributed by atoms with Gasteiger partial charge in [-0.25, -0.2) is 0 Å². The molecule has 0 bridgehead atoms. The van der Waals surface area contributed by atoms with Crippen molar-refractivity contribution in [2.45, 2.75) is 12.6 Å². The number of aliphatic hydroxyl groups is 1. The Hall–Kier alpha value is -0.820. The van der Waals surface area contributed by atoms with E-state index in [0.717, 1.165) is 0 Å². The summed E-state index contributed by atoms with van der Waals surface area (Å²) in [5, 5.41) is 9.97. The first-order valence-electron chi connectivity index (χ1n) is 4.02. The van der Waals surface area contributed by atoms with E-state index in [1.54, 1.807) is 5.32 Å². The lowest BCUT2D eigenvalue weighted by molar-refractivity contribution is -0.173. The molecule has 0 aromatic rings. The van der Waals surface area contributed by atoms with Crippen molar-refractivity contribution in [1.82, 2.24) is 5.32 Å². The van der Waals surface area contributed by atoms with Gasteiger partial charge in [0.1, 0.15) is 0 Å². The third-order valence-electron chi connectivity index (χ3n) is 1.24. The Bertz CT molecular complexity index is 172. The van der Waals surface area contributed by atoms with Crippen LogP contribution in [0.15, 0.2) is 0 Å². The van der Waals surface area contributed by atoms with E-state index < -0.39 is 12.1 Å². The second-order valence-electron chi connectivity index (χ2n) is 2.44. The van der Waals surface area contributed by atoms with Crippen molar-refractivity contribution in [1.29, 1.82) is 0 Å². The molecule has 0 aromatic heterocycles. The monoisotopic (exact) mass is 215 g/mol. The maximum Gasteiger partial charge on any atom is 0.471 e. The van der Waals surface area contributed by atoms with E-state index in [4.69, 9.17) is 9.84 Å². The molecule has 1 amide bonds. The Morgan fingerprint density at radius 2 is 2.00 bits per heavy atom. The van der Waals surface area contributed by atoms with Crippen LogP contribution in [-0.4, -0.2) is 43.6 Å². The number of carbonyl (C=O) groups is 1. The van der Waals surface area contributed by atoms with Crippen molar-refractivity contribution in [3.05, 3.63) is 0 Å². The zero-order valence-corrected chi connectivity index (χ0v) is 7.43. The van der Waals surface area contributed by atoms with E-state index in [9.17, 15) is 18.0 Å². The van der Waals surface area contributed by atoms with Crippen LogP contribution in [0.3, 0.4) is 0 Å². The Kier molecular flexibility index (Phi) is 6.22. The van der Waals surface area contributed by atoms with Crippen LogP contribution in [-0.2, 0) is 9.53 Å². The molecule has 0 aliphatic rings. The molecule has 0 spiro atoms. The van der Waals surface area contributed by atoms with Gasteiger partial charge in [0, 0.05) is 13.2 Å². The number of hydrogen-bond acceptors (Lipinski definition) is 3. The number of amides is 1. The number of aliphatic hydroxyl groups excluding tert-OH is 1. The summed E-state index contributed by atoms with van der Waals surface area (Å²) in [5.41, 5.74) is 0. The SMILES string of the molecule is O=C(NCCCOCCO)C(F)(F)F. The highest BCUT2D eigenvalue weighted by molar-refractivity contribution is 5.81. The minimum absolute atomic E-state index is 0.0935. The van der Waals surface area contributed by atoms with E-state index in [1.807, 2.05) is 0 Å². The van der Waals surface area contributed by atoms with Gasteiger partial charge in [0.05, 0.1) is 13.2 Å². The van der Waals surface area contributed by atoms with Crippen LogP contribution in [0.1, 0.15) is 6.42 Å². The highest BCUT2D eigenvalue weighted by Crippen LogP contribution is 2.13. The van der Waals surface area contributed by atoms with Crippen LogP contribution < -0.4 is 5.32 Å². The van der Waals surface area contributed by atoms with Crippen LogP contribution >= 0.6 is 0 Å². The second-order valence-corrected chi connectivity index (χ2v) is 2.44. The minimum Gasteiger partial charge on any atom is -0.394 e. The Labute approximate surface area is 79.0 Å². The first-order chi connectivity index (χ1) is 6.48. The van der Waals surface area contributed by atoms with Gasteiger partial charge in [-0.15, -0.1) is 0 Å². The molecule has 0 aromatic carbocycles. The first-order valence-corrected chi connectivity index (χ1v) is 4.02. The molecule has 7 heteroatoms. The lowest BCUT2D eigenvalue weighted by Crippen LogP contribution is -2.37. The molecule has 4 nitrogen and oxygen atoms in total. The fourth-order valence-electron chi connectivity index (χ4n) is 0.643. The van der Waals surface area contributed by atoms with Crippen molar-refractivity contribution in [2.24, 2.45) is 0 Å². The summed E-state index contributed by atoms with van der Waals surface area (Å²) in [6.45, 7) is 0.130. The van der Waals surface area contributed by atoms with Crippen LogP contribution in [0.2, 0.25) is 0 Å². The minimum atomic E-state index is -4.83. The maximum atomic E-state index is 11.6. The highest BCUT2D eigenvalue weighted by atomic mass is 19.4. The molecule has 0 saturated carbocycles. The van der Waals surface area contributed by atoms with Gasteiger partial charge in [0.25, 0.3) is 0 Å². The molecule has 0 aliphatic heterocycles. The third kappa shape index (κ3) is 6.67. The van der Waals surface area contributed by atoms with Crippen LogP contribution in [0.5, 0.6) is 0 Å². The molecule has 14 heavy (non-hydrogen) atoms. The van der Waals surface area contributed by atoms with E-state index in [1.165, 1.54) is 0 Å². The average Bonchev–Trinajstić information content (AvgIpc) is 2.09. The first kappa shape index (κ1) is 13.2. The number of rotatable bonds is 6. The Morgan fingerprint density at radius 3 is 2.50 bits per heavy atom. The molecule has 0 aliphatic carbocycles. The summed E-state index contributed by atoms with van der Waals surface area (Å²) in [5.74, 6) is -1.94. The predicted octanol–water partition coefficient (Wildman–Crippen LogP) is 0.0639. The number of ether oxygens (including phenoxy) is 1. The zero-order chi connectivity index (χ0) is 11.0. The Morgan fingerprint density at radius 1 is 1.36 bits per heavy atom. The number of carbonyl (C=O) groups excluding carboxylic acids is 1. The molecule has 0 atom stereocenters. The summed E-state index contributed by atoms with van der Waals surface area (Å²) in [6, 6.07) is 0. The summed E-state index contributed by atoms with van der Waals surface area (Å²) in [4.78, 5) is 10.2. The molecule has 0 rings (SSSR count). The molecule has 0 radical (unpaired) electrons. The van der Waals surface area contributed by atoms with E-state index in [2.05, 4.69) is 0 Å². The van der Waals surface area contributed by atoms with Gasteiger partial charge in [-0.2, -0.15) is 13.2 Å². The van der Waals surface area contributed by atoms with Crippen molar-refractivity contribution in [2.75, 3.05) is 26.4 Å². The van der Waals surface area contributed by atoms with E-state index in [0.29, 0.717) is 0 Å². The Balaban J connectivity index is 3.33. The van der Waals surface area contributed by atoms with E-state index >= 15 is 0 Å². The van der Waals surface area contributed by atoms with E-state index in [-0.39, 0.29) is 32.8 Å². The fourth-order valence-corrected chi connectivity index (χ4v) is 0.643. The predicted molar refractivity (Wildman–Crippen MR) is 41.6 cm³/mol. The van der Waals surface area contributed by atoms with Gasteiger partial charge in [-0.1, -0.05) is 0 Å². The standard InChI is InChI=1S/C7H12F3NO3/c8-7(9,10)6(13)11-2-1-4-14-5-3-12/h12H,1-5H2,(H,11,13). The van der Waals surface area contributed by atoms with Crippen molar-refractivity contribution in [3.8, 4) is 0 Å². The summed E-state index contributed by atoms with van der Waals surface area (Å²) >= 11 is 0. The van der Waals surface area contributed by atoms with Gasteiger partial charge in [-0.3, -0.25) is 4.79 Å². The third-order valence-corrected chi connectivity index (χ3v) is 1.24. The van der Waals surface area contributed by atoms with Gasteiger partial charge >= 0.3 is 12.1 Å². The second kappa shape index (κ2) is 6.61. The van der Waals surface area contributed by atoms with Gasteiger partial charge in [0.2, 0.25) is 0 Å². The zero-order valence-electron chi connectivity index (χ0n) is 7.43. The topological polar surface area (TPSA) is 58.6 Å². The summed E-state index contributed by atoms with van der Waals surface area (Å²) in [7, 11) is 0. The lowest BCUT2D eigenvalue weighted by Gasteiger charge is -2.07. The van der Waals surface area contributed by atoms with Crippen LogP contribution in [0.25, 0.3) is 0 Å². The summed E-state index contributed by atoms with van der Waals surface area (Å²) in [6.07, 6.45) is -4.55. The van der Waals surface area contributed by atoms with Crippen molar-refractivity contribution in [3.63, 3.8) is 0 Å². The average molecular weight is 215 g/mol. The van der Waals surface area contributed by atoms with Crippen molar-refractivity contribution < 1.29 is 27.8 Å². The molecular weight excluding hydrogens is 203 g/mol. The molecule has 0 fully saturated rings. The molecule has 0 saturated heterocycles. The number of alkyl halides is 3. The quantitative estimate of drug-likeness (QED) is 0.616. The van der Waals surface area contributed by atoms with Gasteiger partial charge in [0.15, 0.2) is 0 Å². The van der Waals surface area contributed by atoms with Crippen molar-refractivity contribution >= 4 is 5.91 Å². The lowest BCUT2D eigenvalue weighted by atomic mass is 10.4. The van der Waals surface area contributed by atoms with Crippen LogP contribution in [0.4, 0.5) is 13.2 Å². The molecule has 2 N–H and O–H groups in total. The normalized spacial score (nSPS) is 11.4.